The lowest BCUT2D eigenvalue weighted by molar-refractivity contribution is -0.138. The Kier molecular flexibility index (Phi) is 3.85. The molecule has 1 rings (SSSR count). The maximum atomic E-state index is 12.6. The normalized spacial score (nSPS) is 11.5. The van der Waals surface area contributed by atoms with E-state index in [4.69, 9.17) is 5.11 Å². The van der Waals surface area contributed by atoms with Gasteiger partial charge >= 0.3 is 12.1 Å². The molecule has 0 saturated heterocycles. The van der Waals surface area contributed by atoms with Crippen molar-refractivity contribution in [3.63, 3.8) is 0 Å². The number of hydrogen-bond acceptors (Lipinski definition) is 2. The van der Waals surface area contributed by atoms with Crippen molar-refractivity contribution in [3.8, 4) is 0 Å². The van der Waals surface area contributed by atoms with Crippen LogP contribution in [-0.4, -0.2) is 16.8 Å². The average molecular weight is 250 g/mol. The molecule has 1 aromatic rings. The van der Waals surface area contributed by atoms with Crippen LogP contribution in [0.1, 0.15) is 22.8 Å². The molecule has 0 bridgehead atoms. The van der Waals surface area contributed by atoms with Gasteiger partial charge in [-0.15, -0.1) is 11.8 Å². The molecule has 1 N–H and O–H groups in total. The number of carboxylic acid groups (broad SMARTS) is 1. The van der Waals surface area contributed by atoms with Gasteiger partial charge in [-0.1, -0.05) is 6.92 Å². The van der Waals surface area contributed by atoms with E-state index in [0.29, 0.717) is 10.6 Å². The molecule has 0 unspecified atom stereocenters. The molecule has 0 amide bonds. The fourth-order valence-electron chi connectivity index (χ4n) is 1.20. The smallest absolute Gasteiger partial charge is 0.417 e. The van der Waals surface area contributed by atoms with Crippen LogP contribution in [0.3, 0.4) is 0 Å². The van der Waals surface area contributed by atoms with Crippen molar-refractivity contribution >= 4 is 17.7 Å². The molecular formula is C10H9F3O2S. The Morgan fingerprint density at radius 1 is 1.44 bits per heavy atom. The zero-order valence-corrected chi connectivity index (χ0v) is 9.15. The number of aromatic carboxylic acids is 1. The highest BCUT2D eigenvalue weighted by Crippen LogP contribution is 2.34. The van der Waals surface area contributed by atoms with Crippen molar-refractivity contribution in [2.75, 3.05) is 5.75 Å². The first-order valence-electron chi connectivity index (χ1n) is 4.43. The molecule has 2 nitrogen and oxygen atoms in total. The quantitative estimate of drug-likeness (QED) is 0.834. The molecule has 6 heteroatoms. The Morgan fingerprint density at radius 3 is 2.50 bits per heavy atom. The van der Waals surface area contributed by atoms with Crippen molar-refractivity contribution in [2.24, 2.45) is 0 Å². The molecule has 88 valence electrons. The number of carbonyl (C=O) groups is 1. The number of carboxylic acids is 1. The van der Waals surface area contributed by atoms with E-state index in [-0.39, 0.29) is 0 Å². The third-order valence-electron chi connectivity index (χ3n) is 1.84. The molecule has 0 aliphatic rings. The highest BCUT2D eigenvalue weighted by Gasteiger charge is 2.35. The molecule has 0 heterocycles. The lowest BCUT2D eigenvalue weighted by atomic mass is 10.1. The summed E-state index contributed by atoms with van der Waals surface area (Å²) in [7, 11) is 0. The number of alkyl halides is 3. The molecule has 0 fully saturated rings. The van der Waals surface area contributed by atoms with Crippen LogP contribution in [0, 0.1) is 0 Å². The van der Waals surface area contributed by atoms with Crippen molar-refractivity contribution in [2.45, 2.75) is 18.0 Å². The molecule has 0 aliphatic carbocycles. The van der Waals surface area contributed by atoms with Crippen LogP contribution in [0.4, 0.5) is 13.2 Å². The summed E-state index contributed by atoms with van der Waals surface area (Å²) in [4.78, 5) is 11.0. The molecule has 1 aromatic carbocycles. The molecule has 0 saturated carbocycles. The van der Waals surface area contributed by atoms with E-state index in [1.54, 1.807) is 0 Å². The lowest BCUT2D eigenvalue weighted by Crippen LogP contribution is -2.12. The van der Waals surface area contributed by atoms with Crippen molar-refractivity contribution in [1.82, 2.24) is 0 Å². The summed E-state index contributed by atoms with van der Waals surface area (Å²) in [6.45, 7) is 1.81. The van der Waals surface area contributed by atoms with Gasteiger partial charge in [0, 0.05) is 4.90 Å². The van der Waals surface area contributed by atoms with Crippen molar-refractivity contribution < 1.29 is 23.1 Å². The predicted molar refractivity (Wildman–Crippen MR) is 54.8 cm³/mol. The van der Waals surface area contributed by atoms with Crippen LogP contribution in [0.2, 0.25) is 0 Å². The molecule has 0 radical (unpaired) electrons. The van der Waals surface area contributed by atoms with E-state index in [2.05, 4.69) is 0 Å². The second-order valence-corrected chi connectivity index (χ2v) is 4.28. The Hall–Kier alpha value is -1.17. The Bertz CT molecular complexity index is 402. The Balaban J connectivity index is 3.27. The lowest BCUT2D eigenvalue weighted by Gasteiger charge is -2.11. The van der Waals surface area contributed by atoms with Crippen LogP contribution >= 0.6 is 11.8 Å². The van der Waals surface area contributed by atoms with E-state index in [1.165, 1.54) is 17.8 Å². The minimum atomic E-state index is -4.64. The minimum Gasteiger partial charge on any atom is -0.478 e. The molecule has 0 aliphatic heterocycles. The SMILES string of the molecule is CCSc1ccc(C(=O)O)c(C(F)(F)F)c1. The summed E-state index contributed by atoms with van der Waals surface area (Å²) < 4.78 is 37.7. The minimum absolute atomic E-state index is 0.417. The van der Waals surface area contributed by atoms with Gasteiger partial charge in [0.25, 0.3) is 0 Å². The third-order valence-corrected chi connectivity index (χ3v) is 2.71. The molecule has 0 spiro atoms. The average Bonchev–Trinajstić information content (AvgIpc) is 2.16. The van der Waals surface area contributed by atoms with E-state index in [1.807, 2.05) is 6.92 Å². The van der Waals surface area contributed by atoms with Gasteiger partial charge < -0.3 is 5.11 Å². The zero-order chi connectivity index (χ0) is 12.3. The van der Waals surface area contributed by atoms with Crippen LogP contribution in [-0.2, 0) is 6.18 Å². The van der Waals surface area contributed by atoms with Gasteiger partial charge in [-0.25, -0.2) is 4.79 Å². The summed E-state index contributed by atoms with van der Waals surface area (Å²) in [5, 5.41) is 8.64. The highest BCUT2D eigenvalue weighted by atomic mass is 32.2. The summed E-state index contributed by atoms with van der Waals surface area (Å²) in [5.41, 5.74) is -1.81. The Labute approximate surface area is 94.5 Å². The maximum absolute atomic E-state index is 12.6. The number of thioether (sulfide) groups is 1. The first kappa shape index (κ1) is 12.9. The van der Waals surface area contributed by atoms with E-state index < -0.39 is 23.3 Å². The van der Waals surface area contributed by atoms with Crippen LogP contribution < -0.4 is 0 Å². The number of hydrogen-bond donors (Lipinski definition) is 1. The summed E-state index contributed by atoms with van der Waals surface area (Å²) in [6, 6.07) is 3.24. The first-order chi connectivity index (χ1) is 7.36. The third kappa shape index (κ3) is 2.91. The molecule has 0 aromatic heterocycles. The van der Waals surface area contributed by atoms with Crippen LogP contribution in [0.5, 0.6) is 0 Å². The maximum Gasteiger partial charge on any atom is 0.417 e. The topological polar surface area (TPSA) is 37.3 Å². The van der Waals surface area contributed by atoms with Gasteiger partial charge in [0.1, 0.15) is 0 Å². The van der Waals surface area contributed by atoms with Gasteiger partial charge in [-0.2, -0.15) is 13.2 Å². The van der Waals surface area contributed by atoms with Gasteiger partial charge in [-0.3, -0.25) is 0 Å². The van der Waals surface area contributed by atoms with E-state index >= 15 is 0 Å². The second-order valence-electron chi connectivity index (χ2n) is 2.94. The van der Waals surface area contributed by atoms with E-state index in [9.17, 15) is 18.0 Å². The van der Waals surface area contributed by atoms with Gasteiger partial charge in [0.05, 0.1) is 11.1 Å². The number of rotatable bonds is 3. The van der Waals surface area contributed by atoms with Gasteiger partial charge in [-0.05, 0) is 24.0 Å². The summed E-state index contributed by atoms with van der Waals surface area (Å²) in [5.74, 6) is -0.940. The molecular weight excluding hydrogens is 241 g/mol. The number of benzene rings is 1. The largest absolute Gasteiger partial charge is 0.478 e. The highest BCUT2D eigenvalue weighted by molar-refractivity contribution is 7.99. The predicted octanol–water partition coefficient (Wildman–Crippen LogP) is 3.52. The fourth-order valence-corrected chi connectivity index (χ4v) is 1.90. The second kappa shape index (κ2) is 4.78. The summed E-state index contributed by atoms with van der Waals surface area (Å²) in [6.07, 6.45) is -4.64. The fraction of sp³-hybridized carbons (Fsp3) is 0.300. The molecule has 0 atom stereocenters. The van der Waals surface area contributed by atoms with Crippen LogP contribution in [0.15, 0.2) is 23.1 Å². The van der Waals surface area contributed by atoms with Crippen molar-refractivity contribution in [1.29, 1.82) is 0 Å². The van der Waals surface area contributed by atoms with Gasteiger partial charge in [0.2, 0.25) is 0 Å². The van der Waals surface area contributed by atoms with Crippen molar-refractivity contribution in [3.05, 3.63) is 29.3 Å². The zero-order valence-electron chi connectivity index (χ0n) is 8.34. The van der Waals surface area contributed by atoms with E-state index in [0.717, 1.165) is 12.1 Å². The monoisotopic (exact) mass is 250 g/mol. The first-order valence-corrected chi connectivity index (χ1v) is 5.42. The number of halogens is 3. The molecule has 16 heavy (non-hydrogen) atoms. The Morgan fingerprint density at radius 2 is 2.06 bits per heavy atom. The summed E-state index contributed by atoms with van der Waals surface area (Å²) >= 11 is 1.23. The van der Waals surface area contributed by atoms with Gasteiger partial charge in [0.15, 0.2) is 0 Å². The standard InChI is InChI=1S/C10H9F3O2S/c1-2-16-6-3-4-7(9(14)15)8(5-6)10(11,12)13/h3-5H,2H2,1H3,(H,14,15). The van der Waals surface area contributed by atoms with Crippen LogP contribution in [0.25, 0.3) is 0 Å².